The SMILES string of the molecule is NC(=NCC1CCC1)NCC1CS(=O)(=O)CCO1. The van der Waals surface area contributed by atoms with Gasteiger partial charge in [0.25, 0.3) is 0 Å². The summed E-state index contributed by atoms with van der Waals surface area (Å²) in [5.74, 6) is 1.25. The van der Waals surface area contributed by atoms with Gasteiger partial charge in [0.15, 0.2) is 15.8 Å². The van der Waals surface area contributed by atoms with Crippen LogP contribution in [-0.4, -0.2) is 51.7 Å². The lowest BCUT2D eigenvalue weighted by atomic mass is 9.86. The molecule has 1 atom stereocenters. The molecule has 1 saturated carbocycles. The number of hydrogen-bond acceptors (Lipinski definition) is 4. The number of aliphatic imine (C=N–C) groups is 1. The molecule has 0 aromatic rings. The molecular weight excluding hydrogens is 254 g/mol. The molecule has 0 aromatic carbocycles. The minimum absolute atomic E-state index is 0.0654. The highest BCUT2D eigenvalue weighted by molar-refractivity contribution is 7.91. The second kappa shape index (κ2) is 5.88. The largest absolute Gasteiger partial charge is 0.374 e. The fourth-order valence-electron chi connectivity index (χ4n) is 2.05. The molecule has 1 aliphatic carbocycles. The molecule has 1 heterocycles. The molecular formula is C11H21N3O3S. The van der Waals surface area contributed by atoms with Crippen molar-refractivity contribution in [3.63, 3.8) is 0 Å². The van der Waals surface area contributed by atoms with E-state index >= 15 is 0 Å². The Kier molecular flexibility index (Phi) is 4.45. The highest BCUT2D eigenvalue weighted by atomic mass is 32.2. The molecule has 1 saturated heterocycles. The molecule has 0 radical (unpaired) electrons. The van der Waals surface area contributed by atoms with Gasteiger partial charge in [-0.25, -0.2) is 8.42 Å². The fraction of sp³-hybridized carbons (Fsp3) is 0.909. The number of nitrogens with zero attached hydrogens (tertiary/aromatic N) is 1. The van der Waals surface area contributed by atoms with Crippen molar-refractivity contribution in [2.45, 2.75) is 25.4 Å². The van der Waals surface area contributed by atoms with Crippen molar-refractivity contribution in [1.82, 2.24) is 5.32 Å². The highest BCUT2D eigenvalue weighted by Crippen LogP contribution is 2.26. The minimum Gasteiger partial charge on any atom is -0.374 e. The van der Waals surface area contributed by atoms with E-state index in [4.69, 9.17) is 10.5 Å². The van der Waals surface area contributed by atoms with Crippen molar-refractivity contribution in [3.8, 4) is 0 Å². The number of rotatable bonds is 4. The molecule has 0 aromatic heterocycles. The summed E-state index contributed by atoms with van der Waals surface area (Å²) < 4.78 is 28.2. The predicted octanol–water partition coefficient (Wildman–Crippen LogP) is -0.496. The van der Waals surface area contributed by atoms with E-state index in [-0.39, 0.29) is 24.2 Å². The van der Waals surface area contributed by atoms with Crippen molar-refractivity contribution < 1.29 is 13.2 Å². The van der Waals surface area contributed by atoms with Crippen molar-refractivity contribution in [1.29, 1.82) is 0 Å². The molecule has 2 rings (SSSR count). The fourth-order valence-corrected chi connectivity index (χ4v) is 3.35. The molecule has 104 valence electrons. The molecule has 2 fully saturated rings. The van der Waals surface area contributed by atoms with E-state index in [1.165, 1.54) is 19.3 Å². The van der Waals surface area contributed by atoms with E-state index in [1.807, 2.05) is 0 Å². The van der Waals surface area contributed by atoms with Crippen LogP contribution < -0.4 is 11.1 Å². The number of guanidine groups is 1. The van der Waals surface area contributed by atoms with Crippen molar-refractivity contribution in [2.75, 3.05) is 31.2 Å². The average molecular weight is 275 g/mol. The van der Waals surface area contributed by atoms with Crippen LogP contribution in [0.4, 0.5) is 0 Å². The third-order valence-electron chi connectivity index (χ3n) is 3.44. The van der Waals surface area contributed by atoms with E-state index in [2.05, 4.69) is 10.3 Å². The topological polar surface area (TPSA) is 93.8 Å². The highest BCUT2D eigenvalue weighted by Gasteiger charge is 2.25. The summed E-state index contributed by atoms with van der Waals surface area (Å²) in [6.45, 7) is 1.44. The first-order valence-corrected chi connectivity index (χ1v) is 8.23. The maximum atomic E-state index is 11.4. The molecule has 0 amide bonds. The van der Waals surface area contributed by atoms with Gasteiger partial charge >= 0.3 is 0 Å². The lowest BCUT2D eigenvalue weighted by Gasteiger charge is -2.24. The van der Waals surface area contributed by atoms with Crippen LogP contribution in [0, 0.1) is 5.92 Å². The summed E-state index contributed by atoms with van der Waals surface area (Å²) in [6, 6.07) is 0. The number of sulfone groups is 1. The van der Waals surface area contributed by atoms with E-state index in [9.17, 15) is 8.42 Å². The van der Waals surface area contributed by atoms with Crippen molar-refractivity contribution >= 4 is 15.8 Å². The predicted molar refractivity (Wildman–Crippen MR) is 70.2 cm³/mol. The van der Waals surface area contributed by atoms with Crippen LogP contribution >= 0.6 is 0 Å². The van der Waals surface area contributed by atoms with E-state index in [0.717, 1.165) is 6.54 Å². The quantitative estimate of drug-likeness (QED) is 0.533. The molecule has 1 aliphatic heterocycles. The van der Waals surface area contributed by atoms with E-state index in [0.29, 0.717) is 18.4 Å². The molecule has 0 spiro atoms. The van der Waals surface area contributed by atoms with Gasteiger partial charge in [-0.15, -0.1) is 0 Å². The van der Waals surface area contributed by atoms with Crippen LogP contribution in [0.15, 0.2) is 4.99 Å². The smallest absolute Gasteiger partial charge is 0.188 e. The van der Waals surface area contributed by atoms with Crippen LogP contribution in [0.2, 0.25) is 0 Å². The summed E-state index contributed by atoms with van der Waals surface area (Å²) in [6.07, 6.45) is 3.45. The van der Waals surface area contributed by atoms with Crippen LogP contribution in [0.3, 0.4) is 0 Å². The Hall–Kier alpha value is -0.820. The van der Waals surface area contributed by atoms with Gasteiger partial charge in [-0.05, 0) is 18.8 Å². The van der Waals surface area contributed by atoms with Gasteiger partial charge in [-0.2, -0.15) is 0 Å². The summed E-state index contributed by atoms with van der Waals surface area (Å²) in [5.41, 5.74) is 5.72. The minimum atomic E-state index is -2.95. The van der Waals surface area contributed by atoms with Gasteiger partial charge in [0, 0.05) is 13.1 Å². The Morgan fingerprint density at radius 3 is 2.83 bits per heavy atom. The lowest BCUT2D eigenvalue weighted by Crippen LogP contribution is -2.44. The summed E-state index contributed by atoms with van der Waals surface area (Å²) in [5, 5.41) is 2.93. The summed E-state index contributed by atoms with van der Waals surface area (Å²) in [4.78, 5) is 4.25. The third-order valence-corrected chi connectivity index (χ3v) is 5.11. The second-order valence-electron chi connectivity index (χ2n) is 5.01. The molecule has 0 bridgehead atoms. The second-order valence-corrected chi connectivity index (χ2v) is 7.24. The Morgan fingerprint density at radius 2 is 2.22 bits per heavy atom. The molecule has 7 heteroatoms. The number of hydrogen-bond donors (Lipinski definition) is 2. The van der Waals surface area contributed by atoms with Crippen LogP contribution in [0.5, 0.6) is 0 Å². The Bertz CT molecular complexity index is 404. The number of nitrogens with two attached hydrogens (primary N) is 1. The Balaban J connectivity index is 1.69. The zero-order chi connectivity index (χ0) is 13.0. The molecule has 3 N–H and O–H groups in total. The van der Waals surface area contributed by atoms with Crippen LogP contribution in [0.1, 0.15) is 19.3 Å². The molecule has 2 aliphatic rings. The maximum Gasteiger partial charge on any atom is 0.188 e. The van der Waals surface area contributed by atoms with Gasteiger partial charge < -0.3 is 15.8 Å². The maximum absolute atomic E-state index is 11.4. The Morgan fingerprint density at radius 1 is 1.44 bits per heavy atom. The summed E-state index contributed by atoms with van der Waals surface area (Å²) >= 11 is 0. The first kappa shape index (κ1) is 13.6. The first-order valence-electron chi connectivity index (χ1n) is 6.41. The number of ether oxygens (including phenoxy) is 1. The molecule has 18 heavy (non-hydrogen) atoms. The Labute approximate surface area is 108 Å². The van der Waals surface area contributed by atoms with Gasteiger partial charge in [-0.3, -0.25) is 4.99 Å². The van der Waals surface area contributed by atoms with Crippen LogP contribution in [-0.2, 0) is 14.6 Å². The molecule has 1 unspecified atom stereocenters. The van der Waals surface area contributed by atoms with E-state index in [1.54, 1.807) is 0 Å². The van der Waals surface area contributed by atoms with Crippen molar-refractivity contribution in [2.24, 2.45) is 16.6 Å². The van der Waals surface area contributed by atoms with Crippen molar-refractivity contribution in [3.05, 3.63) is 0 Å². The van der Waals surface area contributed by atoms with Gasteiger partial charge in [0.2, 0.25) is 0 Å². The zero-order valence-corrected chi connectivity index (χ0v) is 11.3. The van der Waals surface area contributed by atoms with Gasteiger partial charge in [0.05, 0.1) is 24.2 Å². The molecule has 6 nitrogen and oxygen atoms in total. The lowest BCUT2D eigenvalue weighted by molar-refractivity contribution is 0.0748. The number of nitrogens with one attached hydrogen (secondary N) is 1. The zero-order valence-electron chi connectivity index (χ0n) is 10.5. The van der Waals surface area contributed by atoms with Gasteiger partial charge in [-0.1, -0.05) is 6.42 Å². The normalized spacial score (nSPS) is 28.7. The standard InChI is InChI=1S/C11H21N3O3S/c12-11(13-6-9-2-1-3-9)14-7-10-8-18(15,16)5-4-17-10/h9-10H,1-8H2,(H3,12,13,14). The monoisotopic (exact) mass is 275 g/mol. The average Bonchev–Trinajstić information content (AvgIpc) is 2.23. The third kappa shape index (κ3) is 4.13. The summed E-state index contributed by atoms with van der Waals surface area (Å²) in [7, 11) is -2.95. The van der Waals surface area contributed by atoms with Gasteiger partial charge in [0.1, 0.15) is 0 Å². The first-order chi connectivity index (χ1) is 8.55. The van der Waals surface area contributed by atoms with E-state index < -0.39 is 9.84 Å². The van der Waals surface area contributed by atoms with Crippen LogP contribution in [0.25, 0.3) is 0 Å².